The van der Waals surface area contributed by atoms with Gasteiger partial charge < -0.3 is 13.7 Å². The van der Waals surface area contributed by atoms with E-state index < -0.39 is 0 Å². The molecule has 0 spiro atoms. The summed E-state index contributed by atoms with van der Waals surface area (Å²) in [6.07, 6.45) is 0. The monoisotopic (exact) mass is 601 g/mol. The first-order chi connectivity index (χ1) is 23.3. The fourth-order valence-electron chi connectivity index (χ4n) is 7.34. The van der Waals surface area contributed by atoms with E-state index in [1.54, 1.807) is 0 Å². The standard InChI is InChI=1S/C44H27NO2/c1-2-13-31(14-3-1)45(32-23-20-30(21-24-32)34-17-8-12-28-10-4-6-15-33(28)34)37-18-9-19-38-42(37)43-40(46-38)27-26-39-41(43)36-25-22-29-11-5-7-16-35(29)44(36)47-39/h1-27H. The molecule has 0 N–H and O–H groups in total. The number of furan rings is 2. The van der Waals surface area contributed by atoms with Crippen LogP contribution in [-0.4, -0.2) is 0 Å². The van der Waals surface area contributed by atoms with Crippen molar-refractivity contribution in [2.45, 2.75) is 0 Å². The van der Waals surface area contributed by atoms with Gasteiger partial charge in [-0.05, 0) is 81.9 Å². The molecule has 0 saturated heterocycles. The Morgan fingerprint density at radius 3 is 1.83 bits per heavy atom. The SMILES string of the molecule is c1ccc(N(c2ccc(-c3cccc4ccccc34)cc2)c2cccc3oc4ccc5oc6c7ccccc7ccc6c5c4c23)cc1. The first-order valence-corrected chi connectivity index (χ1v) is 15.9. The predicted molar refractivity (Wildman–Crippen MR) is 196 cm³/mol. The number of anilines is 3. The molecule has 3 nitrogen and oxygen atoms in total. The Kier molecular flexibility index (Phi) is 5.57. The lowest BCUT2D eigenvalue weighted by molar-refractivity contribution is 0.664. The molecule has 0 aliphatic heterocycles. The maximum Gasteiger partial charge on any atom is 0.143 e. The molecule has 0 fully saturated rings. The minimum absolute atomic E-state index is 0.841. The first-order valence-electron chi connectivity index (χ1n) is 15.9. The van der Waals surface area contributed by atoms with Crippen molar-refractivity contribution in [2.75, 3.05) is 4.90 Å². The van der Waals surface area contributed by atoms with Crippen LogP contribution >= 0.6 is 0 Å². The third kappa shape index (κ3) is 3.93. The van der Waals surface area contributed by atoms with E-state index in [0.29, 0.717) is 0 Å². The van der Waals surface area contributed by atoms with E-state index in [4.69, 9.17) is 8.83 Å². The summed E-state index contributed by atoms with van der Waals surface area (Å²) in [5.41, 5.74) is 9.04. The summed E-state index contributed by atoms with van der Waals surface area (Å²) in [6.45, 7) is 0. The molecule has 0 aliphatic rings. The van der Waals surface area contributed by atoms with Gasteiger partial charge in [0.25, 0.3) is 0 Å². The Morgan fingerprint density at radius 2 is 1.00 bits per heavy atom. The van der Waals surface area contributed by atoms with Crippen molar-refractivity contribution >= 4 is 82.5 Å². The number of rotatable bonds is 4. The Hall–Kier alpha value is -6.32. The van der Waals surface area contributed by atoms with Gasteiger partial charge >= 0.3 is 0 Å². The molecule has 0 amide bonds. The van der Waals surface area contributed by atoms with Crippen molar-refractivity contribution in [3.63, 3.8) is 0 Å². The lowest BCUT2D eigenvalue weighted by Crippen LogP contribution is -2.10. The molecular weight excluding hydrogens is 574 g/mol. The van der Waals surface area contributed by atoms with Crippen LogP contribution in [0.2, 0.25) is 0 Å². The summed E-state index contributed by atoms with van der Waals surface area (Å²) in [5.74, 6) is 0. The predicted octanol–water partition coefficient (Wildman–Crippen LogP) is 12.9. The molecule has 0 bridgehead atoms. The van der Waals surface area contributed by atoms with Gasteiger partial charge in [-0.1, -0.05) is 109 Å². The van der Waals surface area contributed by atoms with Gasteiger partial charge in [0.15, 0.2) is 0 Å². The lowest BCUT2D eigenvalue weighted by Gasteiger charge is -2.26. The summed E-state index contributed by atoms with van der Waals surface area (Å²) in [4.78, 5) is 2.33. The van der Waals surface area contributed by atoms with Crippen molar-refractivity contribution in [3.8, 4) is 11.1 Å². The van der Waals surface area contributed by atoms with Gasteiger partial charge in [0.05, 0.1) is 11.1 Å². The number of para-hydroxylation sites is 1. The highest BCUT2D eigenvalue weighted by Gasteiger charge is 2.23. The molecule has 2 aromatic heterocycles. The van der Waals surface area contributed by atoms with Gasteiger partial charge in [-0.3, -0.25) is 0 Å². The maximum absolute atomic E-state index is 6.59. The summed E-state index contributed by atoms with van der Waals surface area (Å²) in [7, 11) is 0. The maximum atomic E-state index is 6.59. The molecule has 10 rings (SSSR count). The van der Waals surface area contributed by atoms with Gasteiger partial charge in [0.1, 0.15) is 22.3 Å². The molecule has 0 radical (unpaired) electrons. The van der Waals surface area contributed by atoms with Crippen LogP contribution < -0.4 is 4.90 Å². The quantitative estimate of drug-likeness (QED) is 0.201. The number of hydrogen-bond acceptors (Lipinski definition) is 3. The zero-order valence-electron chi connectivity index (χ0n) is 25.4. The largest absolute Gasteiger partial charge is 0.456 e. The van der Waals surface area contributed by atoms with Crippen LogP contribution in [0.4, 0.5) is 17.1 Å². The third-order valence-electron chi connectivity index (χ3n) is 9.45. The van der Waals surface area contributed by atoms with E-state index in [-0.39, 0.29) is 0 Å². The molecule has 0 unspecified atom stereocenters. The minimum atomic E-state index is 0.841. The molecule has 47 heavy (non-hydrogen) atoms. The van der Waals surface area contributed by atoms with Gasteiger partial charge in [0, 0.05) is 32.9 Å². The second-order valence-corrected chi connectivity index (χ2v) is 12.1. The van der Waals surface area contributed by atoms with Gasteiger partial charge in [-0.25, -0.2) is 0 Å². The highest BCUT2D eigenvalue weighted by atomic mass is 16.3. The van der Waals surface area contributed by atoms with Crippen molar-refractivity contribution in [1.82, 2.24) is 0 Å². The molecule has 3 heteroatoms. The van der Waals surface area contributed by atoms with E-state index in [0.717, 1.165) is 71.7 Å². The van der Waals surface area contributed by atoms with Crippen LogP contribution in [0.25, 0.3) is 76.5 Å². The minimum Gasteiger partial charge on any atom is -0.456 e. The first kappa shape index (κ1) is 26.0. The van der Waals surface area contributed by atoms with Crippen LogP contribution in [0.1, 0.15) is 0 Å². The fraction of sp³-hybridized carbons (Fsp3) is 0. The van der Waals surface area contributed by atoms with E-state index in [2.05, 4.69) is 157 Å². The zero-order valence-corrected chi connectivity index (χ0v) is 25.4. The van der Waals surface area contributed by atoms with Crippen molar-refractivity contribution in [3.05, 3.63) is 164 Å². The average molecular weight is 602 g/mol. The topological polar surface area (TPSA) is 29.5 Å². The Bertz CT molecular complexity index is 2780. The van der Waals surface area contributed by atoms with Gasteiger partial charge in [-0.2, -0.15) is 0 Å². The third-order valence-corrected chi connectivity index (χ3v) is 9.45. The van der Waals surface area contributed by atoms with Gasteiger partial charge in [0.2, 0.25) is 0 Å². The smallest absolute Gasteiger partial charge is 0.143 e. The van der Waals surface area contributed by atoms with Gasteiger partial charge in [-0.15, -0.1) is 0 Å². The Labute approximate surface area is 270 Å². The molecule has 0 aliphatic carbocycles. The average Bonchev–Trinajstić information content (AvgIpc) is 3.71. The summed E-state index contributed by atoms with van der Waals surface area (Å²) in [6, 6.07) is 57.7. The Morgan fingerprint density at radius 1 is 0.362 bits per heavy atom. The van der Waals surface area contributed by atoms with Crippen LogP contribution in [-0.2, 0) is 0 Å². The van der Waals surface area contributed by atoms with E-state index in [1.807, 2.05) is 12.1 Å². The van der Waals surface area contributed by atoms with Crippen LogP contribution in [0.5, 0.6) is 0 Å². The summed E-state index contributed by atoms with van der Waals surface area (Å²) >= 11 is 0. The molecule has 220 valence electrons. The molecule has 8 aromatic carbocycles. The van der Waals surface area contributed by atoms with E-state index >= 15 is 0 Å². The van der Waals surface area contributed by atoms with Crippen LogP contribution in [0.15, 0.2) is 173 Å². The fourth-order valence-corrected chi connectivity index (χ4v) is 7.34. The van der Waals surface area contributed by atoms with Crippen molar-refractivity contribution < 1.29 is 8.83 Å². The number of fused-ring (bicyclic) bond motifs is 10. The van der Waals surface area contributed by atoms with E-state index in [9.17, 15) is 0 Å². The summed E-state index contributed by atoms with van der Waals surface area (Å²) in [5, 5.41) is 9.06. The molecule has 0 atom stereocenters. The number of nitrogens with zero attached hydrogens (tertiary/aromatic N) is 1. The van der Waals surface area contributed by atoms with Crippen molar-refractivity contribution in [1.29, 1.82) is 0 Å². The lowest BCUT2D eigenvalue weighted by atomic mass is 9.98. The molecule has 10 aromatic rings. The highest BCUT2D eigenvalue weighted by molar-refractivity contribution is 6.30. The Balaban J connectivity index is 1.23. The van der Waals surface area contributed by atoms with Crippen LogP contribution in [0, 0.1) is 0 Å². The highest BCUT2D eigenvalue weighted by Crippen LogP contribution is 2.47. The van der Waals surface area contributed by atoms with Crippen LogP contribution in [0.3, 0.4) is 0 Å². The van der Waals surface area contributed by atoms with Crippen molar-refractivity contribution in [2.24, 2.45) is 0 Å². The van der Waals surface area contributed by atoms with E-state index in [1.165, 1.54) is 21.9 Å². The summed E-state index contributed by atoms with van der Waals surface area (Å²) < 4.78 is 13.2. The molecule has 2 heterocycles. The zero-order chi connectivity index (χ0) is 30.9. The molecule has 0 saturated carbocycles. The normalized spacial score (nSPS) is 11.8. The number of benzene rings is 8. The number of hydrogen-bond donors (Lipinski definition) is 0. The molecular formula is C44H27NO2. The second-order valence-electron chi connectivity index (χ2n) is 12.1. The second kappa shape index (κ2) is 10.1.